The lowest BCUT2D eigenvalue weighted by Gasteiger charge is -2.34. The van der Waals surface area contributed by atoms with Crippen molar-refractivity contribution in [2.24, 2.45) is 0 Å². The van der Waals surface area contributed by atoms with E-state index in [0.29, 0.717) is 19.7 Å². The van der Waals surface area contributed by atoms with E-state index in [1.165, 1.54) is 0 Å². The van der Waals surface area contributed by atoms with Crippen molar-refractivity contribution >= 4 is 30.1 Å². The molecule has 2 aliphatic rings. The van der Waals surface area contributed by atoms with E-state index >= 15 is 0 Å². The van der Waals surface area contributed by atoms with Gasteiger partial charge in [0.1, 0.15) is 6.10 Å². The molecule has 110 valence electrons. The second-order valence-electron chi connectivity index (χ2n) is 4.83. The van der Waals surface area contributed by atoms with Gasteiger partial charge in [0, 0.05) is 18.2 Å². The number of benzene rings is 1. The number of hydrogen-bond donors (Lipinski definition) is 1. The van der Waals surface area contributed by atoms with Crippen LogP contribution >= 0.6 is 24.2 Å². The van der Waals surface area contributed by atoms with Crippen molar-refractivity contribution in [1.29, 1.82) is 0 Å². The molecule has 2 saturated heterocycles. The van der Waals surface area contributed by atoms with Crippen LogP contribution in [-0.4, -0.2) is 48.2 Å². The lowest BCUT2D eigenvalue weighted by Crippen LogP contribution is -2.50. The van der Waals surface area contributed by atoms with Crippen molar-refractivity contribution in [2.45, 2.75) is 12.1 Å². The van der Waals surface area contributed by atoms with Crippen molar-refractivity contribution < 1.29 is 9.53 Å². The Hall–Kier alpha value is -0.750. The molecule has 1 amide bonds. The topological polar surface area (TPSA) is 41.6 Å². The van der Waals surface area contributed by atoms with Crippen LogP contribution in [0.15, 0.2) is 30.3 Å². The zero-order valence-electron chi connectivity index (χ0n) is 11.2. The maximum absolute atomic E-state index is 12.4. The number of thioether (sulfide) groups is 1. The van der Waals surface area contributed by atoms with E-state index in [4.69, 9.17) is 4.74 Å². The first-order valence-electron chi connectivity index (χ1n) is 6.61. The third-order valence-electron chi connectivity index (χ3n) is 3.56. The van der Waals surface area contributed by atoms with Gasteiger partial charge in [-0.05, 0) is 5.56 Å². The Morgan fingerprint density at radius 1 is 1.35 bits per heavy atom. The summed E-state index contributed by atoms with van der Waals surface area (Å²) in [6.07, 6.45) is 0.00737. The van der Waals surface area contributed by atoms with Crippen molar-refractivity contribution in [3.63, 3.8) is 0 Å². The molecular weight excluding hydrogens is 296 g/mol. The smallest absolute Gasteiger partial charge is 0.240 e. The Morgan fingerprint density at radius 3 is 2.85 bits per heavy atom. The minimum absolute atomic E-state index is 0. The summed E-state index contributed by atoms with van der Waals surface area (Å²) in [7, 11) is 0. The summed E-state index contributed by atoms with van der Waals surface area (Å²) >= 11 is 1.78. The minimum Gasteiger partial charge on any atom is -0.370 e. The molecule has 3 rings (SSSR count). The van der Waals surface area contributed by atoms with Gasteiger partial charge in [-0.25, -0.2) is 0 Å². The Labute approximate surface area is 129 Å². The molecule has 0 spiro atoms. The Morgan fingerprint density at radius 2 is 2.15 bits per heavy atom. The number of nitrogens with zero attached hydrogens (tertiary/aromatic N) is 1. The van der Waals surface area contributed by atoms with E-state index < -0.39 is 0 Å². The van der Waals surface area contributed by atoms with Crippen molar-refractivity contribution in [1.82, 2.24) is 10.2 Å². The molecule has 1 N–H and O–H groups in total. The molecule has 2 unspecified atom stereocenters. The monoisotopic (exact) mass is 314 g/mol. The zero-order valence-corrected chi connectivity index (χ0v) is 12.8. The highest BCUT2D eigenvalue weighted by molar-refractivity contribution is 7.99. The summed E-state index contributed by atoms with van der Waals surface area (Å²) < 4.78 is 5.79. The molecule has 0 aliphatic carbocycles. The number of nitrogens with one attached hydrogen (secondary N) is 1. The number of morpholine rings is 1. The van der Waals surface area contributed by atoms with Crippen LogP contribution in [0.3, 0.4) is 0 Å². The SMILES string of the molecule is Cl.O=C(C1CSCN1)N1CCOC(c2ccccc2)C1. The number of halogens is 1. The number of hydrogen-bond acceptors (Lipinski definition) is 4. The summed E-state index contributed by atoms with van der Waals surface area (Å²) in [5.74, 6) is 1.98. The molecule has 4 nitrogen and oxygen atoms in total. The molecular formula is C14H19ClN2O2S. The summed E-state index contributed by atoms with van der Waals surface area (Å²) in [4.78, 5) is 14.3. The van der Waals surface area contributed by atoms with Gasteiger partial charge in [0.15, 0.2) is 0 Å². The number of carbonyl (C=O) groups is 1. The van der Waals surface area contributed by atoms with Gasteiger partial charge in [0.2, 0.25) is 5.91 Å². The molecule has 2 heterocycles. The molecule has 6 heteroatoms. The van der Waals surface area contributed by atoms with Crippen LogP contribution in [0.4, 0.5) is 0 Å². The maximum Gasteiger partial charge on any atom is 0.240 e. The van der Waals surface area contributed by atoms with E-state index in [0.717, 1.165) is 17.2 Å². The van der Waals surface area contributed by atoms with Gasteiger partial charge in [0.05, 0.1) is 19.2 Å². The normalized spacial score (nSPS) is 26.1. The van der Waals surface area contributed by atoms with Gasteiger partial charge in [-0.1, -0.05) is 30.3 Å². The molecule has 20 heavy (non-hydrogen) atoms. The second-order valence-corrected chi connectivity index (χ2v) is 5.86. The first-order chi connectivity index (χ1) is 9.34. The predicted molar refractivity (Wildman–Crippen MR) is 83.2 cm³/mol. The predicted octanol–water partition coefficient (Wildman–Crippen LogP) is 1.67. The second kappa shape index (κ2) is 7.31. The van der Waals surface area contributed by atoms with Crippen LogP contribution in [-0.2, 0) is 9.53 Å². The van der Waals surface area contributed by atoms with Crippen LogP contribution < -0.4 is 5.32 Å². The van der Waals surface area contributed by atoms with Gasteiger partial charge < -0.3 is 9.64 Å². The lowest BCUT2D eigenvalue weighted by atomic mass is 10.1. The maximum atomic E-state index is 12.4. The standard InChI is InChI=1S/C14H18N2O2S.ClH/c17-14(12-9-19-10-15-12)16-6-7-18-13(8-16)11-4-2-1-3-5-11;/h1-5,12-13,15H,6-10H2;1H. The van der Waals surface area contributed by atoms with E-state index in [9.17, 15) is 4.79 Å². The van der Waals surface area contributed by atoms with Crippen molar-refractivity contribution in [3.05, 3.63) is 35.9 Å². The summed E-state index contributed by atoms with van der Waals surface area (Å²) in [6, 6.07) is 10.1. The molecule has 0 aromatic heterocycles. The molecule has 2 fully saturated rings. The van der Waals surface area contributed by atoms with Crippen LogP contribution in [0, 0.1) is 0 Å². The lowest BCUT2D eigenvalue weighted by molar-refractivity contribution is -0.140. The number of amides is 1. The van der Waals surface area contributed by atoms with Gasteiger partial charge >= 0.3 is 0 Å². The highest BCUT2D eigenvalue weighted by Crippen LogP contribution is 2.23. The fraction of sp³-hybridized carbons (Fsp3) is 0.500. The molecule has 1 aromatic carbocycles. The van der Waals surface area contributed by atoms with Crippen LogP contribution in [0.1, 0.15) is 11.7 Å². The molecule has 0 saturated carbocycles. The minimum atomic E-state index is -0.0143. The third kappa shape index (κ3) is 3.47. The Bertz CT molecular complexity index is 440. The van der Waals surface area contributed by atoms with Crippen molar-refractivity contribution in [3.8, 4) is 0 Å². The third-order valence-corrected chi connectivity index (χ3v) is 4.50. The van der Waals surface area contributed by atoms with Gasteiger partial charge in [-0.2, -0.15) is 0 Å². The Kier molecular flexibility index (Phi) is 5.72. The highest BCUT2D eigenvalue weighted by Gasteiger charge is 2.31. The molecule has 1 aromatic rings. The number of rotatable bonds is 2. The first kappa shape index (κ1) is 15.6. The zero-order chi connectivity index (χ0) is 13.1. The Balaban J connectivity index is 0.00000147. The average molecular weight is 315 g/mol. The average Bonchev–Trinajstić information content (AvgIpc) is 3.02. The van der Waals surface area contributed by atoms with E-state index in [1.54, 1.807) is 11.8 Å². The van der Waals surface area contributed by atoms with Gasteiger partial charge in [-0.15, -0.1) is 24.2 Å². The van der Waals surface area contributed by atoms with Crippen LogP contribution in [0.5, 0.6) is 0 Å². The van der Waals surface area contributed by atoms with Gasteiger partial charge in [-0.3, -0.25) is 10.1 Å². The molecule has 2 aliphatic heterocycles. The van der Waals surface area contributed by atoms with Crippen LogP contribution in [0.25, 0.3) is 0 Å². The van der Waals surface area contributed by atoms with E-state index in [1.807, 2.05) is 23.1 Å². The summed E-state index contributed by atoms with van der Waals surface area (Å²) in [5, 5.41) is 3.24. The number of ether oxygens (including phenoxy) is 1. The molecule has 2 atom stereocenters. The fourth-order valence-corrected chi connectivity index (χ4v) is 3.43. The van der Waals surface area contributed by atoms with E-state index in [-0.39, 0.29) is 30.5 Å². The molecule has 0 radical (unpaired) electrons. The fourth-order valence-electron chi connectivity index (χ4n) is 2.49. The van der Waals surface area contributed by atoms with Gasteiger partial charge in [0.25, 0.3) is 0 Å². The first-order valence-corrected chi connectivity index (χ1v) is 7.76. The van der Waals surface area contributed by atoms with Crippen LogP contribution in [0.2, 0.25) is 0 Å². The summed E-state index contributed by atoms with van der Waals surface area (Å²) in [6.45, 7) is 1.97. The summed E-state index contributed by atoms with van der Waals surface area (Å²) in [5.41, 5.74) is 1.15. The number of carbonyl (C=O) groups excluding carboxylic acids is 1. The highest BCUT2D eigenvalue weighted by atomic mass is 35.5. The quantitative estimate of drug-likeness (QED) is 0.901. The largest absolute Gasteiger partial charge is 0.370 e. The van der Waals surface area contributed by atoms with E-state index in [2.05, 4.69) is 17.4 Å². The van der Waals surface area contributed by atoms with Crippen molar-refractivity contribution in [2.75, 3.05) is 31.3 Å². The molecule has 0 bridgehead atoms.